The van der Waals surface area contributed by atoms with Gasteiger partial charge in [0, 0.05) is 31.7 Å². The van der Waals surface area contributed by atoms with E-state index in [0.29, 0.717) is 44.1 Å². The normalized spacial score (nSPS) is 13.4. The van der Waals surface area contributed by atoms with Crippen molar-refractivity contribution in [2.45, 2.75) is 6.92 Å². The van der Waals surface area contributed by atoms with Crippen LogP contribution >= 0.6 is 0 Å². The van der Waals surface area contributed by atoms with Gasteiger partial charge in [-0.15, -0.1) is 0 Å². The quantitative estimate of drug-likeness (QED) is 0.645. The van der Waals surface area contributed by atoms with Crippen molar-refractivity contribution in [1.82, 2.24) is 15.1 Å². The molecule has 1 aromatic rings. The first-order valence-corrected chi connectivity index (χ1v) is 9.22. The predicted molar refractivity (Wildman–Crippen MR) is 101 cm³/mol. The molecule has 0 radical (unpaired) electrons. The zero-order valence-electron chi connectivity index (χ0n) is 16.5. The second-order valence-corrected chi connectivity index (χ2v) is 6.14. The Morgan fingerprint density at radius 3 is 2.17 bits per heavy atom. The van der Waals surface area contributed by atoms with Gasteiger partial charge in [-0.2, -0.15) is 0 Å². The van der Waals surface area contributed by atoms with Crippen LogP contribution in [0.15, 0.2) is 24.3 Å². The van der Waals surface area contributed by atoms with Crippen LogP contribution in [0.3, 0.4) is 0 Å². The molecule has 3 amide bonds. The van der Waals surface area contributed by atoms with E-state index in [4.69, 9.17) is 14.2 Å². The molecule has 10 nitrogen and oxygen atoms in total. The Morgan fingerprint density at radius 1 is 0.966 bits per heavy atom. The maximum absolute atomic E-state index is 12.1. The van der Waals surface area contributed by atoms with Gasteiger partial charge < -0.3 is 29.3 Å². The molecule has 0 saturated carbocycles. The fourth-order valence-corrected chi connectivity index (χ4v) is 2.63. The summed E-state index contributed by atoms with van der Waals surface area (Å²) in [6.45, 7) is 2.64. The minimum Gasteiger partial charge on any atom is -0.497 e. The molecule has 0 aromatic heterocycles. The number of esters is 1. The van der Waals surface area contributed by atoms with Crippen molar-refractivity contribution >= 4 is 23.9 Å². The number of carbonyl (C=O) groups is 4. The summed E-state index contributed by atoms with van der Waals surface area (Å²) in [6, 6.07) is 6.40. The monoisotopic (exact) mass is 407 g/mol. The SMILES string of the molecule is CCOC(=O)N1CCN(C(=O)COC(=O)CNC(=O)c2ccc(OC)cc2)CC1. The minimum absolute atomic E-state index is 0.295. The van der Waals surface area contributed by atoms with Crippen LogP contribution in [0.25, 0.3) is 0 Å². The van der Waals surface area contributed by atoms with Crippen molar-refractivity contribution in [1.29, 1.82) is 0 Å². The lowest BCUT2D eigenvalue weighted by Crippen LogP contribution is -2.51. The van der Waals surface area contributed by atoms with E-state index in [1.807, 2.05) is 0 Å². The average molecular weight is 407 g/mol. The molecule has 10 heteroatoms. The van der Waals surface area contributed by atoms with E-state index in [2.05, 4.69) is 5.32 Å². The Kier molecular flexibility index (Phi) is 8.26. The van der Waals surface area contributed by atoms with Crippen molar-refractivity contribution < 1.29 is 33.4 Å². The van der Waals surface area contributed by atoms with E-state index in [-0.39, 0.29) is 12.5 Å². The molecule has 1 heterocycles. The van der Waals surface area contributed by atoms with Crippen LogP contribution in [0, 0.1) is 0 Å². The summed E-state index contributed by atoms with van der Waals surface area (Å²) >= 11 is 0. The fourth-order valence-electron chi connectivity index (χ4n) is 2.63. The third-order valence-corrected chi connectivity index (χ3v) is 4.26. The second kappa shape index (κ2) is 10.9. The van der Waals surface area contributed by atoms with Crippen LogP contribution in [0.2, 0.25) is 0 Å². The highest BCUT2D eigenvalue weighted by atomic mass is 16.6. The largest absolute Gasteiger partial charge is 0.497 e. The number of ether oxygens (including phenoxy) is 3. The molecule has 1 saturated heterocycles. The summed E-state index contributed by atoms with van der Waals surface area (Å²) in [5.74, 6) is -0.901. The number of carbonyl (C=O) groups excluding carboxylic acids is 4. The van der Waals surface area contributed by atoms with Gasteiger partial charge in [-0.1, -0.05) is 0 Å². The Balaban J connectivity index is 1.67. The number of nitrogens with zero attached hydrogens (tertiary/aromatic N) is 2. The minimum atomic E-state index is -0.717. The summed E-state index contributed by atoms with van der Waals surface area (Å²) in [5, 5.41) is 2.43. The molecule has 1 aromatic carbocycles. The second-order valence-electron chi connectivity index (χ2n) is 6.14. The molecule has 0 atom stereocenters. The van der Waals surface area contributed by atoms with Gasteiger partial charge in [-0.25, -0.2) is 4.79 Å². The van der Waals surface area contributed by atoms with Gasteiger partial charge in [0.15, 0.2) is 6.61 Å². The lowest BCUT2D eigenvalue weighted by atomic mass is 10.2. The molecule has 158 valence electrons. The van der Waals surface area contributed by atoms with Gasteiger partial charge in [0.1, 0.15) is 12.3 Å². The van der Waals surface area contributed by atoms with Crippen molar-refractivity contribution in [2.75, 3.05) is 53.0 Å². The predicted octanol–water partition coefficient (Wildman–Crippen LogP) is 0.269. The highest BCUT2D eigenvalue weighted by Gasteiger charge is 2.25. The summed E-state index contributed by atoms with van der Waals surface area (Å²) in [7, 11) is 1.52. The van der Waals surface area contributed by atoms with Crippen LogP contribution in [-0.4, -0.2) is 86.7 Å². The highest BCUT2D eigenvalue weighted by Crippen LogP contribution is 2.11. The zero-order chi connectivity index (χ0) is 21.2. The Labute approximate surface area is 168 Å². The molecule has 2 rings (SSSR count). The molecule has 0 bridgehead atoms. The average Bonchev–Trinajstić information content (AvgIpc) is 2.76. The third-order valence-electron chi connectivity index (χ3n) is 4.26. The first kappa shape index (κ1) is 22.0. The number of benzene rings is 1. The number of amides is 3. The number of hydrogen-bond donors (Lipinski definition) is 1. The van der Waals surface area contributed by atoms with Crippen LogP contribution in [0.4, 0.5) is 4.79 Å². The number of rotatable bonds is 7. The maximum Gasteiger partial charge on any atom is 0.409 e. The Bertz CT molecular complexity index is 728. The summed E-state index contributed by atoms with van der Waals surface area (Å²) in [6.07, 6.45) is -0.404. The Hall–Kier alpha value is -3.30. The van der Waals surface area contributed by atoms with E-state index in [9.17, 15) is 19.2 Å². The van der Waals surface area contributed by atoms with Gasteiger partial charge in [0.2, 0.25) is 0 Å². The standard InChI is InChI=1S/C19H25N3O7/c1-3-28-19(26)22-10-8-21(9-11-22)16(23)13-29-17(24)12-20-18(25)14-4-6-15(27-2)7-5-14/h4-7H,3,8-13H2,1-2H3,(H,20,25). The highest BCUT2D eigenvalue weighted by molar-refractivity contribution is 5.96. The van der Waals surface area contributed by atoms with Crippen molar-refractivity contribution in [2.24, 2.45) is 0 Å². The summed E-state index contributed by atoms with van der Waals surface area (Å²) in [4.78, 5) is 50.6. The van der Waals surface area contributed by atoms with Crippen molar-refractivity contribution in [3.8, 4) is 5.75 Å². The summed E-state index contributed by atoms with van der Waals surface area (Å²) in [5.41, 5.74) is 0.370. The van der Waals surface area contributed by atoms with E-state index >= 15 is 0 Å². The van der Waals surface area contributed by atoms with E-state index < -0.39 is 24.6 Å². The summed E-state index contributed by atoms with van der Waals surface area (Å²) < 4.78 is 14.9. The van der Waals surface area contributed by atoms with Crippen molar-refractivity contribution in [3.63, 3.8) is 0 Å². The van der Waals surface area contributed by atoms with Gasteiger partial charge in [-0.3, -0.25) is 14.4 Å². The molecule has 0 aliphatic carbocycles. The van der Waals surface area contributed by atoms with E-state index in [1.165, 1.54) is 16.9 Å². The molecular formula is C19H25N3O7. The van der Waals surface area contributed by atoms with Crippen LogP contribution in [0.5, 0.6) is 5.75 Å². The third kappa shape index (κ3) is 6.66. The van der Waals surface area contributed by atoms with Gasteiger partial charge >= 0.3 is 12.1 Å². The van der Waals surface area contributed by atoms with Crippen LogP contribution < -0.4 is 10.1 Å². The molecular weight excluding hydrogens is 382 g/mol. The van der Waals surface area contributed by atoms with Crippen LogP contribution in [0.1, 0.15) is 17.3 Å². The fraction of sp³-hybridized carbons (Fsp3) is 0.474. The first-order valence-electron chi connectivity index (χ1n) is 9.22. The smallest absolute Gasteiger partial charge is 0.409 e. The molecule has 1 aliphatic heterocycles. The number of hydrogen-bond acceptors (Lipinski definition) is 7. The molecule has 0 unspecified atom stereocenters. The zero-order valence-corrected chi connectivity index (χ0v) is 16.5. The van der Waals surface area contributed by atoms with E-state index in [1.54, 1.807) is 31.2 Å². The topological polar surface area (TPSA) is 114 Å². The van der Waals surface area contributed by atoms with Gasteiger partial charge in [0.05, 0.1) is 13.7 Å². The lowest BCUT2D eigenvalue weighted by Gasteiger charge is -2.33. The van der Waals surface area contributed by atoms with E-state index in [0.717, 1.165) is 0 Å². The van der Waals surface area contributed by atoms with Gasteiger partial charge in [-0.05, 0) is 31.2 Å². The lowest BCUT2D eigenvalue weighted by molar-refractivity contribution is -0.151. The molecule has 29 heavy (non-hydrogen) atoms. The molecule has 1 N–H and O–H groups in total. The van der Waals surface area contributed by atoms with Crippen LogP contribution in [-0.2, 0) is 19.1 Å². The van der Waals surface area contributed by atoms with Gasteiger partial charge in [0.25, 0.3) is 11.8 Å². The first-order chi connectivity index (χ1) is 13.9. The Morgan fingerprint density at radius 2 is 1.59 bits per heavy atom. The molecule has 1 fully saturated rings. The number of nitrogens with one attached hydrogen (secondary N) is 1. The number of methoxy groups -OCH3 is 1. The molecule has 1 aliphatic rings. The molecule has 0 spiro atoms. The van der Waals surface area contributed by atoms with Crippen molar-refractivity contribution in [3.05, 3.63) is 29.8 Å². The maximum atomic E-state index is 12.1. The number of piperazine rings is 1.